The molecule has 0 radical (unpaired) electrons. The van der Waals surface area contributed by atoms with Gasteiger partial charge < -0.3 is 15.3 Å². The summed E-state index contributed by atoms with van der Waals surface area (Å²) in [6, 6.07) is 0.690. The molecule has 0 bridgehead atoms. The summed E-state index contributed by atoms with van der Waals surface area (Å²) >= 11 is 0. The molecule has 3 nitrogen and oxygen atoms in total. The second-order valence-electron chi connectivity index (χ2n) is 4.94. The summed E-state index contributed by atoms with van der Waals surface area (Å²) in [5, 5.41) is 12.7. The highest BCUT2D eigenvalue weighted by molar-refractivity contribution is 4.73. The molecule has 96 valence electrons. The highest BCUT2D eigenvalue weighted by Crippen LogP contribution is 2.15. The van der Waals surface area contributed by atoms with Gasteiger partial charge in [0.05, 0.1) is 0 Å². The zero-order chi connectivity index (χ0) is 11.8. The molecule has 2 N–H and O–H groups in total. The van der Waals surface area contributed by atoms with Crippen molar-refractivity contribution in [2.75, 3.05) is 32.8 Å². The second kappa shape index (κ2) is 8.04. The summed E-state index contributed by atoms with van der Waals surface area (Å²) < 4.78 is 0. The van der Waals surface area contributed by atoms with E-state index in [1.54, 1.807) is 0 Å². The van der Waals surface area contributed by atoms with E-state index in [4.69, 9.17) is 5.11 Å². The molecule has 1 saturated heterocycles. The Morgan fingerprint density at radius 1 is 1.25 bits per heavy atom. The molecule has 0 aromatic heterocycles. The number of aliphatic hydroxyl groups is 1. The van der Waals surface area contributed by atoms with E-state index < -0.39 is 0 Å². The van der Waals surface area contributed by atoms with Gasteiger partial charge in [-0.3, -0.25) is 0 Å². The van der Waals surface area contributed by atoms with E-state index in [0.717, 1.165) is 26.2 Å². The zero-order valence-electron chi connectivity index (χ0n) is 10.9. The van der Waals surface area contributed by atoms with E-state index in [9.17, 15) is 0 Å². The van der Waals surface area contributed by atoms with Crippen LogP contribution >= 0.6 is 0 Å². The molecule has 1 aliphatic rings. The van der Waals surface area contributed by atoms with E-state index in [1.807, 2.05) is 0 Å². The van der Waals surface area contributed by atoms with Crippen LogP contribution in [0.1, 0.15) is 39.5 Å². The van der Waals surface area contributed by atoms with Gasteiger partial charge in [-0.1, -0.05) is 13.8 Å². The van der Waals surface area contributed by atoms with Crippen LogP contribution in [-0.4, -0.2) is 48.8 Å². The molecule has 16 heavy (non-hydrogen) atoms. The topological polar surface area (TPSA) is 35.5 Å². The standard InChI is InChI=1S/C13H28N2O/c1-3-13(4-2)14-7-10-15-8-5-12(11-16)6-9-15/h12-14,16H,3-11H2,1-2H3. The predicted octanol–water partition coefficient (Wildman–Crippen LogP) is 1.47. The summed E-state index contributed by atoms with van der Waals surface area (Å²) in [6.45, 7) is 9.46. The van der Waals surface area contributed by atoms with Gasteiger partial charge in [0.25, 0.3) is 0 Å². The number of nitrogens with zero attached hydrogens (tertiary/aromatic N) is 1. The summed E-state index contributed by atoms with van der Waals surface area (Å²) in [6.07, 6.45) is 4.79. The van der Waals surface area contributed by atoms with Gasteiger partial charge in [-0.2, -0.15) is 0 Å². The van der Waals surface area contributed by atoms with Crippen LogP contribution in [0.4, 0.5) is 0 Å². The Bertz CT molecular complexity index is 163. The number of rotatable bonds is 7. The third kappa shape index (κ3) is 4.81. The van der Waals surface area contributed by atoms with Crippen LogP contribution in [0.25, 0.3) is 0 Å². The SMILES string of the molecule is CCC(CC)NCCN1CCC(CO)CC1. The third-order valence-corrected chi connectivity index (χ3v) is 3.81. The minimum absolute atomic E-state index is 0.375. The minimum atomic E-state index is 0.375. The van der Waals surface area contributed by atoms with Crippen molar-refractivity contribution in [1.82, 2.24) is 10.2 Å². The summed E-state index contributed by atoms with van der Waals surface area (Å²) in [5.74, 6) is 0.559. The molecule has 0 atom stereocenters. The number of likely N-dealkylation sites (tertiary alicyclic amines) is 1. The Kier molecular flexibility index (Phi) is 7.01. The molecule has 1 rings (SSSR count). The third-order valence-electron chi connectivity index (χ3n) is 3.81. The molecule has 0 amide bonds. The summed E-state index contributed by atoms with van der Waals surface area (Å²) in [5.41, 5.74) is 0. The molecule has 0 spiro atoms. The lowest BCUT2D eigenvalue weighted by Gasteiger charge is -2.31. The van der Waals surface area contributed by atoms with Gasteiger partial charge in [0, 0.05) is 25.7 Å². The Hall–Kier alpha value is -0.120. The number of hydrogen-bond acceptors (Lipinski definition) is 3. The van der Waals surface area contributed by atoms with Crippen molar-refractivity contribution >= 4 is 0 Å². The molecule has 1 heterocycles. The summed E-state index contributed by atoms with van der Waals surface area (Å²) in [4.78, 5) is 2.52. The smallest absolute Gasteiger partial charge is 0.0460 e. The average molecular weight is 228 g/mol. The monoisotopic (exact) mass is 228 g/mol. The number of nitrogens with one attached hydrogen (secondary N) is 1. The molecule has 1 fully saturated rings. The Balaban J connectivity index is 2.06. The second-order valence-corrected chi connectivity index (χ2v) is 4.94. The molecule has 0 saturated carbocycles. The van der Waals surface area contributed by atoms with Gasteiger partial charge in [0.1, 0.15) is 0 Å². The van der Waals surface area contributed by atoms with Crippen molar-refractivity contribution < 1.29 is 5.11 Å². The fourth-order valence-electron chi connectivity index (χ4n) is 2.40. The van der Waals surface area contributed by atoms with Crippen LogP contribution in [0.5, 0.6) is 0 Å². The maximum atomic E-state index is 9.06. The number of hydrogen-bond donors (Lipinski definition) is 2. The highest BCUT2D eigenvalue weighted by Gasteiger charge is 2.17. The fraction of sp³-hybridized carbons (Fsp3) is 1.00. The maximum Gasteiger partial charge on any atom is 0.0460 e. The zero-order valence-corrected chi connectivity index (χ0v) is 10.9. The van der Waals surface area contributed by atoms with Gasteiger partial charge in [-0.15, -0.1) is 0 Å². The molecule has 3 heteroatoms. The molecular weight excluding hydrogens is 200 g/mol. The lowest BCUT2D eigenvalue weighted by molar-refractivity contribution is 0.131. The Labute approximate surface area is 100 Å². The molecule has 1 aliphatic heterocycles. The molecule has 0 aromatic carbocycles. The van der Waals surface area contributed by atoms with Gasteiger partial charge in [0.2, 0.25) is 0 Å². The predicted molar refractivity (Wildman–Crippen MR) is 68.6 cm³/mol. The Morgan fingerprint density at radius 2 is 1.88 bits per heavy atom. The minimum Gasteiger partial charge on any atom is -0.396 e. The molecule has 0 aliphatic carbocycles. The van der Waals surface area contributed by atoms with E-state index in [-0.39, 0.29) is 0 Å². The first-order valence-electron chi connectivity index (χ1n) is 6.86. The van der Waals surface area contributed by atoms with Crippen molar-refractivity contribution in [3.05, 3.63) is 0 Å². The van der Waals surface area contributed by atoms with Crippen LogP contribution in [0.2, 0.25) is 0 Å². The normalized spacial score (nSPS) is 19.5. The van der Waals surface area contributed by atoms with Crippen LogP contribution in [0.15, 0.2) is 0 Å². The molecule has 0 unspecified atom stereocenters. The largest absolute Gasteiger partial charge is 0.396 e. The Morgan fingerprint density at radius 3 is 2.38 bits per heavy atom. The van der Waals surface area contributed by atoms with Gasteiger partial charge in [-0.25, -0.2) is 0 Å². The first-order chi connectivity index (χ1) is 7.80. The van der Waals surface area contributed by atoms with E-state index in [0.29, 0.717) is 18.6 Å². The van der Waals surface area contributed by atoms with Crippen LogP contribution in [-0.2, 0) is 0 Å². The lowest BCUT2D eigenvalue weighted by Crippen LogP contribution is -2.41. The van der Waals surface area contributed by atoms with Crippen LogP contribution in [0.3, 0.4) is 0 Å². The van der Waals surface area contributed by atoms with Crippen LogP contribution < -0.4 is 5.32 Å². The van der Waals surface area contributed by atoms with Gasteiger partial charge >= 0.3 is 0 Å². The van der Waals surface area contributed by atoms with Crippen molar-refractivity contribution in [3.63, 3.8) is 0 Å². The van der Waals surface area contributed by atoms with Crippen LogP contribution in [0, 0.1) is 5.92 Å². The number of piperidine rings is 1. The van der Waals surface area contributed by atoms with E-state index in [2.05, 4.69) is 24.1 Å². The van der Waals surface area contributed by atoms with Gasteiger partial charge in [0.15, 0.2) is 0 Å². The first-order valence-corrected chi connectivity index (χ1v) is 6.86. The van der Waals surface area contributed by atoms with E-state index in [1.165, 1.54) is 25.7 Å². The molecular formula is C13H28N2O. The van der Waals surface area contributed by atoms with E-state index >= 15 is 0 Å². The lowest BCUT2D eigenvalue weighted by atomic mass is 9.98. The highest BCUT2D eigenvalue weighted by atomic mass is 16.3. The fourth-order valence-corrected chi connectivity index (χ4v) is 2.40. The molecule has 0 aromatic rings. The average Bonchev–Trinajstić information content (AvgIpc) is 2.35. The quantitative estimate of drug-likeness (QED) is 0.692. The van der Waals surface area contributed by atoms with Gasteiger partial charge in [-0.05, 0) is 44.7 Å². The summed E-state index contributed by atoms with van der Waals surface area (Å²) in [7, 11) is 0. The maximum absolute atomic E-state index is 9.06. The number of aliphatic hydroxyl groups excluding tert-OH is 1. The van der Waals surface area contributed by atoms with Crippen molar-refractivity contribution in [1.29, 1.82) is 0 Å². The van der Waals surface area contributed by atoms with Crippen molar-refractivity contribution in [2.45, 2.75) is 45.6 Å². The first kappa shape index (κ1) is 13.9. The van der Waals surface area contributed by atoms with Crippen molar-refractivity contribution in [3.8, 4) is 0 Å². The van der Waals surface area contributed by atoms with Crippen molar-refractivity contribution in [2.24, 2.45) is 5.92 Å².